The summed E-state index contributed by atoms with van der Waals surface area (Å²) in [6.07, 6.45) is 5.11. The molecule has 0 aromatic heterocycles. The van der Waals surface area contributed by atoms with Crippen LogP contribution in [0.4, 0.5) is 0 Å². The number of rotatable bonds is 5. The Hall–Kier alpha value is -2.16. The van der Waals surface area contributed by atoms with Crippen LogP contribution in [-0.4, -0.2) is 12.5 Å². The number of ether oxygens (including phenoxy) is 1. The predicted molar refractivity (Wildman–Crippen MR) is 212 cm³/mol. The molecule has 2 unspecified atom stereocenters. The van der Waals surface area contributed by atoms with E-state index in [4.69, 9.17) is 4.74 Å². The number of allylic oxidation sites excluding steroid dienone is 2. The van der Waals surface area contributed by atoms with Crippen molar-refractivity contribution in [1.29, 1.82) is 0 Å². The van der Waals surface area contributed by atoms with Crippen LogP contribution in [0, 0.1) is 0 Å². The molecule has 0 saturated heterocycles. The van der Waals surface area contributed by atoms with Gasteiger partial charge < -0.3 is 0 Å². The summed E-state index contributed by atoms with van der Waals surface area (Å²) in [5.74, 6) is 1.04. The van der Waals surface area contributed by atoms with Gasteiger partial charge in [0.2, 0.25) is 0 Å². The molecule has 48 heavy (non-hydrogen) atoms. The minimum Gasteiger partial charge on any atom is -0.147 e. The van der Waals surface area contributed by atoms with Gasteiger partial charge in [0.1, 0.15) is 0 Å². The molecule has 4 aromatic carbocycles. The van der Waals surface area contributed by atoms with Gasteiger partial charge in [-0.15, -0.1) is 24.8 Å². The number of fused-ring (bicyclic) bond motifs is 2. The van der Waals surface area contributed by atoms with Gasteiger partial charge in [0, 0.05) is 0 Å². The van der Waals surface area contributed by atoms with Crippen LogP contribution in [0.5, 0.6) is 5.75 Å². The Labute approximate surface area is 310 Å². The van der Waals surface area contributed by atoms with Crippen LogP contribution in [0.15, 0.2) is 90.0 Å². The number of methoxy groups -OCH3 is 1. The monoisotopic (exact) mass is 772 g/mol. The maximum atomic E-state index is 6.31. The Balaban J connectivity index is 0.00000260. The van der Waals surface area contributed by atoms with Crippen LogP contribution in [0.3, 0.4) is 0 Å². The minimum absolute atomic E-state index is 0. The second-order valence-corrected chi connectivity index (χ2v) is 33.6. The fourth-order valence-corrected chi connectivity index (χ4v) is 28.5. The van der Waals surface area contributed by atoms with Crippen LogP contribution in [0.1, 0.15) is 96.0 Å². The zero-order valence-corrected chi connectivity index (χ0v) is 35.6. The number of hydrogen-bond acceptors (Lipinski definition) is 1. The molecule has 0 N–H and O–H groups in total. The molecule has 2 aliphatic carbocycles. The molecule has 0 saturated carbocycles. The fourth-order valence-electron chi connectivity index (χ4n) is 7.80. The van der Waals surface area contributed by atoms with Gasteiger partial charge in [-0.3, -0.25) is 0 Å². The number of hydrogen-bond donors (Lipinski definition) is 0. The van der Waals surface area contributed by atoms with Crippen molar-refractivity contribution in [2.75, 3.05) is 7.11 Å². The Morgan fingerprint density at radius 1 is 0.646 bits per heavy atom. The van der Waals surface area contributed by atoms with E-state index in [0.717, 1.165) is 5.75 Å². The number of halogens is 2. The molecule has 6 rings (SSSR count). The van der Waals surface area contributed by atoms with Gasteiger partial charge in [-0.05, 0) is 0 Å². The van der Waals surface area contributed by atoms with Crippen LogP contribution >= 0.6 is 24.8 Å². The van der Waals surface area contributed by atoms with Gasteiger partial charge in [0.25, 0.3) is 0 Å². The third-order valence-electron chi connectivity index (χ3n) is 10.1. The molecule has 0 amide bonds. The zero-order valence-electron chi connectivity index (χ0n) is 30.5. The summed E-state index contributed by atoms with van der Waals surface area (Å²) in [5, 5.41) is 0. The summed E-state index contributed by atoms with van der Waals surface area (Å²) < 4.78 is 7.43. The molecule has 2 aliphatic rings. The first kappa shape index (κ1) is 38.6. The summed E-state index contributed by atoms with van der Waals surface area (Å²) in [4.78, 5) is 0. The molecule has 1 nitrogen and oxygen atoms in total. The predicted octanol–water partition coefficient (Wildman–Crippen LogP) is 13.0. The largest absolute Gasteiger partial charge is 0.147 e. The summed E-state index contributed by atoms with van der Waals surface area (Å²) in [6.45, 7) is 24.3. The van der Waals surface area contributed by atoms with Gasteiger partial charge in [-0.2, -0.15) is 0 Å². The molecule has 252 valence electrons. The van der Waals surface area contributed by atoms with Crippen molar-refractivity contribution in [3.8, 4) is 28.0 Å². The van der Waals surface area contributed by atoms with E-state index in [1.54, 1.807) is 22.3 Å². The third kappa shape index (κ3) is 6.92. The van der Waals surface area contributed by atoms with Crippen molar-refractivity contribution in [2.45, 2.75) is 86.6 Å². The Morgan fingerprint density at radius 2 is 1.15 bits per heavy atom. The van der Waals surface area contributed by atoms with Gasteiger partial charge >= 0.3 is 288 Å². The van der Waals surface area contributed by atoms with Crippen molar-refractivity contribution < 1.29 is 25.1 Å². The maximum Gasteiger partial charge on any atom is -0.147 e. The molecule has 5 heteroatoms. The molecule has 0 fully saturated rings. The second kappa shape index (κ2) is 14.6. The molecule has 2 atom stereocenters. The summed E-state index contributed by atoms with van der Waals surface area (Å²) in [7, 11) is 1.85. The van der Waals surface area contributed by atoms with Crippen LogP contribution < -0.4 is 4.74 Å². The molecular formula is C43H52Cl2OSiZr. The minimum atomic E-state index is -2.31. The molecule has 0 bridgehead atoms. The zero-order chi connectivity index (χ0) is 33.1. The molecular weight excluding hydrogens is 723 g/mol. The van der Waals surface area contributed by atoms with E-state index in [9.17, 15) is 0 Å². The van der Waals surface area contributed by atoms with Crippen molar-refractivity contribution in [3.63, 3.8) is 0 Å². The van der Waals surface area contributed by atoms with Gasteiger partial charge in [-0.1, -0.05) is 0 Å². The van der Waals surface area contributed by atoms with Crippen LogP contribution in [-0.2, 0) is 31.2 Å². The van der Waals surface area contributed by atoms with Crippen molar-refractivity contribution in [3.05, 3.63) is 123 Å². The Kier molecular flexibility index (Phi) is 11.7. The smallest absolute Gasteiger partial charge is 0.147 e. The van der Waals surface area contributed by atoms with Crippen LogP contribution in [0.2, 0.25) is 13.1 Å². The van der Waals surface area contributed by atoms with E-state index < -0.39 is 25.8 Å². The van der Waals surface area contributed by atoms with E-state index in [0.29, 0.717) is 7.25 Å². The first-order valence-electron chi connectivity index (χ1n) is 16.8. The van der Waals surface area contributed by atoms with Gasteiger partial charge in [-0.25, -0.2) is 0 Å². The van der Waals surface area contributed by atoms with E-state index in [1.807, 2.05) is 7.11 Å². The van der Waals surface area contributed by atoms with Crippen LogP contribution in [0.25, 0.3) is 34.4 Å². The van der Waals surface area contributed by atoms with Gasteiger partial charge in [0.15, 0.2) is 0 Å². The SMILES string of the molecule is COc1c(C(C)(C)C)cc2c(c1-c1ccccc1)C=C(C)[CH]2[Zr]([CH]1C(C)=Cc2c(-c3ccccc3)cc(C(C)(C)C)cc21)=[Si](C)C.Cl.Cl. The van der Waals surface area contributed by atoms with E-state index in [-0.39, 0.29) is 35.6 Å². The third-order valence-corrected chi connectivity index (χ3v) is 30.0. The van der Waals surface area contributed by atoms with E-state index in [2.05, 4.69) is 159 Å². The summed E-state index contributed by atoms with van der Waals surface area (Å²) in [5.41, 5.74) is 16.7. The molecule has 0 radical (unpaired) electrons. The quantitative estimate of drug-likeness (QED) is 0.184. The Morgan fingerprint density at radius 3 is 1.62 bits per heavy atom. The topological polar surface area (TPSA) is 9.23 Å². The van der Waals surface area contributed by atoms with Gasteiger partial charge in [0.05, 0.1) is 0 Å². The number of benzene rings is 4. The maximum absolute atomic E-state index is 6.31. The van der Waals surface area contributed by atoms with Crippen molar-refractivity contribution >= 4 is 42.4 Å². The fraction of sp³-hybridized carbons (Fsp3) is 0.349. The van der Waals surface area contributed by atoms with Crippen molar-refractivity contribution in [2.24, 2.45) is 0 Å². The first-order chi connectivity index (χ1) is 21.7. The average Bonchev–Trinajstić information content (AvgIpc) is 3.51. The molecule has 4 aromatic rings. The average molecular weight is 775 g/mol. The standard InChI is InChI=1S/C21H23O.C20H21.C2H6Si.2ClH.Zr/c1-14-11-16-13-18(21(2,3)4)20(22-5)19(17(16)12-14)15-9-7-6-8-10-15;1-14-10-16-12-17(20(2,3)4)13-19(18(16)11-14)15-8-6-5-7-9-15;1-3-2;;;/h6-13H,1-5H3;5-13H,1-4H3;1-2H3;2*1H;. The summed E-state index contributed by atoms with van der Waals surface area (Å²) in [6, 6.07) is 29.7. The molecule has 0 aliphatic heterocycles. The first-order valence-corrected chi connectivity index (χ1v) is 25.8. The van der Waals surface area contributed by atoms with Crippen molar-refractivity contribution in [1.82, 2.24) is 0 Å². The normalized spacial score (nSPS) is 16.6. The Bertz CT molecular complexity index is 1920. The molecule has 0 spiro atoms. The second-order valence-electron chi connectivity index (χ2n) is 15.7. The summed E-state index contributed by atoms with van der Waals surface area (Å²) >= 11 is -2.31. The molecule has 0 heterocycles. The van der Waals surface area contributed by atoms with E-state index >= 15 is 0 Å². The van der Waals surface area contributed by atoms with E-state index in [1.165, 1.54) is 44.5 Å².